The lowest BCUT2D eigenvalue weighted by Gasteiger charge is -2.05. The minimum atomic E-state index is -1.37. The van der Waals surface area contributed by atoms with Gasteiger partial charge in [0.15, 0.2) is 5.78 Å². The lowest BCUT2D eigenvalue weighted by atomic mass is 10.2. The van der Waals surface area contributed by atoms with Crippen molar-refractivity contribution in [3.8, 4) is 5.75 Å². The molecule has 0 aromatic heterocycles. The Hall–Kier alpha value is -1.46. The fourth-order valence-electron chi connectivity index (χ4n) is 1.66. The van der Waals surface area contributed by atoms with Gasteiger partial charge in [-0.2, -0.15) is 0 Å². The molecule has 5 heteroatoms. The third-order valence-corrected chi connectivity index (χ3v) is 4.57. The zero-order valence-electron chi connectivity index (χ0n) is 10.8. The first-order chi connectivity index (χ1) is 9.60. The number of hydrogen-bond donors (Lipinski definition) is 0. The average Bonchev–Trinajstić information content (AvgIpc) is 2.47. The van der Waals surface area contributed by atoms with Crippen molar-refractivity contribution in [2.75, 3.05) is 12.9 Å². The molecule has 0 aliphatic carbocycles. The number of carbonyl (C=O) groups excluding carboxylic acids is 1. The maximum Gasteiger partial charge on any atom is 0.175 e. The van der Waals surface area contributed by atoms with E-state index in [1.54, 1.807) is 55.6 Å². The Kier molecular flexibility index (Phi) is 5.09. The molecule has 1 atom stereocenters. The highest BCUT2D eigenvalue weighted by Gasteiger charge is 2.12. The largest absolute Gasteiger partial charge is 0.497 e. The van der Waals surface area contributed by atoms with Gasteiger partial charge in [0, 0.05) is 14.9 Å². The van der Waals surface area contributed by atoms with E-state index >= 15 is 0 Å². The summed E-state index contributed by atoms with van der Waals surface area (Å²) in [4.78, 5) is 12.6. The Morgan fingerprint density at radius 2 is 1.90 bits per heavy atom. The molecule has 0 amide bonds. The summed E-state index contributed by atoms with van der Waals surface area (Å²) in [6.07, 6.45) is 0. The van der Waals surface area contributed by atoms with E-state index < -0.39 is 10.8 Å². The Morgan fingerprint density at radius 1 is 1.20 bits per heavy atom. The van der Waals surface area contributed by atoms with Gasteiger partial charge in [0.1, 0.15) is 5.75 Å². The summed E-state index contributed by atoms with van der Waals surface area (Å²) in [7, 11) is 0.178. The van der Waals surface area contributed by atoms with Crippen LogP contribution in [0.2, 0.25) is 0 Å². The molecule has 0 radical (unpaired) electrons. The molecule has 0 heterocycles. The molecule has 2 rings (SSSR count). The van der Waals surface area contributed by atoms with Crippen LogP contribution in [0.1, 0.15) is 10.4 Å². The van der Waals surface area contributed by atoms with Gasteiger partial charge in [0.25, 0.3) is 0 Å². The molecular weight excluding hydrogens is 340 g/mol. The number of hydrogen-bond acceptors (Lipinski definition) is 3. The molecule has 0 bridgehead atoms. The highest BCUT2D eigenvalue weighted by atomic mass is 79.9. The number of carbonyl (C=O) groups is 1. The van der Waals surface area contributed by atoms with Crippen LogP contribution in [-0.2, 0) is 10.8 Å². The number of Topliss-reactive ketones (excluding diaryl/α,β-unsaturated/α-hetero) is 1. The molecule has 104 valence electrons. The highest BCUT2D eigenvalue weighted by molar-refractivity contribution is 9.10. The van der Waals surface area contributed by atoms with Gasteiger partial charge in [0.2, 0.25) is 0 Å². The molecule has 0 aliphatic rings. The quantitative estimate of drug-likeness (QED) is 0.774. The third-order valence-electron chi connectivity index (χ3n) is 2.73. The zero-order chi connectivity index (χ0) is 14.5. The average molecular weight is 353 g/mol. The first kappa shape index (κ1) is 14.9. The normalized spacial score (nSPS) is 11.9. The second-order valence-corrected chi connectivity index (χ2v) is 6.47. The van der Waals surface area contributed by atoms with E-state index in [9.17, 15) is 9.00 Å². The van der Waals surface area contributed by atoms with Crippen LogP contribution >= 0.6 is 15.9 Å². The zero-order valence-corrected chi connectivity index (χ0v) is 13.2. The molecule has 2 aromatic carbocycles. The summed E-state index contributed by atoms with van der Waals surface area (Å²) in [5.74, 6) is 0.458. The van der Waals surface area contributed by atoms with Gasteiger partial charge in [-0.25, -0.2) is 0 Å². The monoisotopic (exact) mass is 352 g/mol. The summed E-state index contributed by atoms with van der Waals surface area (Å²) < 4.78 is 18.2. The highest BCUT2D eigenvalue weighted by Crippen LogP contribution is 2.17. The molecular formula is C15H13BrO3S. The van der Waals surface area contributed by atoms with Crippen molar-refractivity contribution < 1.29 is 13.7 Å². The van der Waals surface area contributed by atoms with Crippen LogP contribution in [0.4, 0.5) is 0 Å². The fourth-order valence-corrected chi connectivity index (χ4v) is 2.98. The van der Waals surface area contributed by atoms with Gasteiger partial charge in [-0.15, -0.1) is 0 Å². The van der Waals surface area contributed by atoms with Gasteiger partial charge < -0.3 is 4.74 Å². The minimum Gasteiger partial charge on any atom is -0.497 e. The number of halogens is 1. The molecule has 0 aliphatic heterocycles. The Bertz CT molecular complexity index is 638. The van der Waals surface area contributed by atoms with Crippen LogP contribution in [0.15, 0.2) is 57.9 Å². The minimum absolute atomic E-state index is 0.0329. The van der Waals surface area contributed by atoms with Crippen LogP contribution in [0.5, 0.6) is 5.75 Å². The Balaban J connectivity index is 2.10. The number of rotatable bonds is 5. The van der Waals surface area contributed by atoms with Crippen molar-refractivity contribution in [1.82, 2.24) is 0 Å². The van der Waals surface area contributed by atoms with Gasteiger partial charge in [0.05, 0.1) is 23.7 Å². The topological polar surface area (TPSA) is 43.4 Å². The molecule has 0 fully saturated rings. The third kappa shape index (κ3) is 3.77. The van der Waals surface area contributed by atoms with Crippen LogP contribution in [-0.4, -0.2) is 22.9 Å². The second kappa shape index (κ2) is 6.81. The maximum atomic E-state index is 12.2. The molecule has 0 saturated heterocycles. The van der Waals surface area contributed by atoms with Gasteiger partial charge >= 0.3 is 0 Å². The Morgan fingerprint density at radius 3 is 2.55 bits per heavy atom. The summed E-state index contributed by atoms with van der Waals surface area (Å²) in [6, 6.07) is 14.0. The SMILES string of the molecule is COc1cccc(S(=O)CC(=O)c2ccc(Br)cc2)c1. The van der Waals surface area contributed by atoms with Crippen molar-refractivity contribution >= 4 is 32.5 Å². The number of methoxy groups -OCH3 is 1. The summed E-state index contributed by atoms with van der Waals surface area (Å²) >= 11 is 3.31. The standard InChI is InChI=1S/C15H13BrO3S/c1-19-13-3-2-4-14(9-13)20(18)10-15(17)11-5-7-12(16)8-6-11/h2-9H,10H2,1H3. The van der Waals surface area contributed by atoms with E-state index in [0.29, 0.717) is 16.2 Å². The Labute approximate surface area is 128 Å². The first-order valence-corrected chi connectivity index (χ1v) is 8.02. The number of benzene rings is 2. The van der Waals surface area contributed by atoms with Crippen molar-refractivity contribution in [2.24, 2.45) is 0 Å². The predicted octanol–water partition coefficient (Wildman–Crippen LogP) is 3.45. The van der Waals surface area contributed by atoms with Crippen molar-refractivity contribution in [3.05, 3.63) is 58.6 Å². The van der Waals surface area contributed by atoms with E-state index in [0.717, 1.165) is 4.47 Å². The van der Waals surface area contributed by atoms with E-state index in [-0.39, 0.29) is 11.5 Å². The van der Waals surface area contributed by atoms with Crippen LogP contribution < -0.4 is 4.74 Å². The predicted molar refractivity (Wildman–Crippen MR) is 82.7 cm³/mol. The van der Waals surface area contributed by atoms with Gasteiger partial charge in [-0.3, -0.25) is 9.00 Å². The van der Waals surface area contributed by atoms with E-state index in [1.807, 2.05) is 0 Å². The molecule has 2 aromatic rings. The van der Waals surface area contributed by atoms with Gasteiger partial charge in [-0.05, 0) is 30.3 Å². The van der Waals surface area contributed by atoms with E-state index in [1.165, 1.54) is 0 Å². The van der Waals surface area contributed by atoms with Crippen molar-refractivity contribution in [1.29, 1.82) is 0 Å². The lowest BCUT2D eigenvalue weighted by Crippen LogP contribution is -2.11. The lowest BCUT2D eigenvalue weighted by molar-refractivity contribution is 0.102. The van der Waals surface area contributed by atoms with Gasteiger partial charge in [-0.1, -0.05) is 34.1 Å². The number of ketones is 1. The molecule has 3 nitrogen and oxygen atoms in total. The maximum absolute atomic E-state index is 12.2. The summed E-state index contributed by atoms with van der Waals surface area (Å²) in [5.41, 5.74) is 0.560. The molecule has 0 saturated carbocycles. The molecule has 20 heavy (non-hydrogen) atoms. The smallest absolute Gasteiger partial charge is 0.175 e. The first-order valence-electron chi connectivity index (χ1n) is 5.91. The van der Waals surface area contributed by atoms with Crippen LogP contribution in [0.25, 0.3) is 0 Å². The van der Waals surface area contributed by atoms with Crippen LogP contribution in [0, 0.1) is 0 Å². The van der Waals surface area contributed by atoms with Crippen molar-refractivity contribution in [3.63, 3.8) is 0 Å². The summed E-state index contributed by atoms with van der Waals surface area (Å²) in [6.45, 7) is 0. The molecule has 0 N–H and O–H groups in total. The van der Waals surface area contributed by atoms with Crippen molar-refractivity contribution in [2.45, 2.75) is 4.90 Å². The molecule has 0 spiro atoms. The fraction of sp³-hybridized carbons (Fsp3) is 0.133. The van der Waals surface area contributed by atoms with Crippen LogP contribution in [0.3, 0.4) is 0 Å². The van der Waals surface area contributed by atoms with E-state index in [2.05, 4.69) is 15.9 Å². The molecule has 1 unspecified atom stereocenters. The number of ether oxygens (including phenoxy) is 1. The second-order valence-electron chi connectivity index (χ2n) is 4.10. The van der Waals surface area contributed by atoms with E-state index in [4.69, 9.17) is 4.74 Å². The summed E-state index contributed by atoms with van der Waals surface area (Å²) in [5, 5.41) is 0.